The zero-order valence-corrected chi connectivity index (χ0v) is 15.4. The molecule has 1 aliphatic rings. The third-order valence-electron chi connectivity index (χ3n) is 4.39. The van der Waals surface area contributed by atoms with Crippen LogP contribution in [-0.4, -0.2) is 30.5 Å². The Balaban J connectivity index is 1.92. The van der Waals surface area contributed by atoms with Crippen molar-refractivity contribution in [1.82, 2.24) is 5.32 Å². The standard InChI is InChI=1S/C20H28FNO4/c1-14(2)16-11-18(26-19(12-16)25-10-4-3-9-23)20(24)22-13-15-5-7-17(21)8-6-15/h5-8,11,14,16,19,23H,3-4,9-10,12-13H2,1-2H3,(H,22,24)/t16-,19+/m1/s1. The first-order chi connectivity index (χ1) is 12.5. The van der Waals surface area contributed by atoms with Crippen LogP contribution < -0.4 is 5.32 Å². The largest absolute Gasteiger partial charge is 0.459 e. The van der Waals surface area contributed by atoms with E-state index in [1.54, 1.807) is 12.1 Å². The van der Waals surface area contributed by atoms with Crippen molar-refractivity contribution >= 4 is 5.91 Å². The van der Waals surface area contributed by atoms with E-state index in [4.69, 9.17) is 14.6 Å². The average molecular weight is 365 g/mol. The van der Waals surface area contributed by atoms with Gasteiger partial charge in [0.05, 0.1) is 6.61 Å². The predicted octanol–water partition coefficient (Wildman–Crippen LogP) is 3.13. The molecule has 0 saturated heterocycles. The van der Waals surface area contributed by atoms with Gasteiger partial charge in [-0.05, 0) is 48.4 Å². The highest BCUT2D eigenvalue weighted by Crippen LogP contribution is 2.28. The number of aliphatic hydroxyl groups is 1. The molecule has 0 unspecified atom stereocenters. The molecule has 1 amide bonds. The lowest BCUT2D eigenvalue weighted by Gasteiger charge is -2.30. The van der Waals surface area contributed by atoms with Gasteiger partial charge in [0, 0.05) is 19.6 Å². The number of benzene rings is 1. The number of rotatable bonds is 9. The van der Waals surface area contributed by atoms with Crippen LogP contribution in [0, 0.1) is 17.7 Å². The third kappa shape index (κ3) is 6.42. The molecule has 0 bridgehead atoms. The van der Waals surface area contributed by atoms with Crippen molar-refractivity contribution in [3.05, 3.63) is 47.5 Å². The van der Waals surface area contributed by atoms with Gasteiger partial charge >= 0.3 is 0 Å². The number of allylic oxidation sites excluding steroid dienone is 1. The SMILES string of the molecule is CC(C)[C@@H]1C=C(C(=O)NCc2ccc(F)cc2)O[C@H](OCCCCO)C1. The molecule has 26 heavy (non-hydrogen) atoms. The minimum absolute atomic E-state index is 0.139. The number of hydrogen-bond acceptors (Lipinski definition) is 4. The van der Waals surface area contributed by atoms with Crippen molar-refractivity contribution in [2.75, 3.05) is 13.2 Å². The van der Waals surface area contributed by atoms with Gasteiger partial charge in [-0.25, -0.2) is 4.39 Å². The molecule has 6 heteroatoms. The predicted molar refractivity (Wildman–Crippen MR) is 96.4 cm³/mol. The number of ether oxygens (including phenoxy) is 2. The van der Waals surface area contributed by atoms with Gasteiger partial charge in [0.2, 0.25) is 6.29 Å². The fraction of sp³-hybridized carbons (Fsp3) is 0.550. The lowest BCUT2D eigenvalue weighted by Crippen LogP contribution is -2.34. The van der Waals surface area contributed by atoms with E-state index in [1.807, 2.05) is 6.08 Å². The smallest absolute Gasteiger partial charge is 0.286 e. The number of unbranched alkanes of at least 4 members (excludes halogenated alkanes) is 1. The van der Waals surface area contributed by atoms with Crippen molar-refractivity contribution in [2.45, 2.75) is 45.9 Å². The van der Waals surface area contributed by atoms with Gasteiger partial charge in [-0.3, -0.25) is 4.79 Å². The van der Waals surface area contributed by atoms with E-state index in [9.17, 15) is 9.18 Å². The lowest BCUT2D eigenvalue weighted by atomic mass is 9.90. The topological polar surface area (TPSA) is 67.8 Å². The number of carbonyl (C=O) groups is 1. The van der Waals surface area contributed by atoms with E-state index in [2.05, 4.69) is 19.2 Å². The van der Waals surface area contributed by atoms with Crippen LogP contribution >= 0.6 is 0 Å². The van der Waals surface area contributed by atoms with Gasteiger partial charge in [0.15, 0.2) is 5.76 Å². The van der Waals surface area contributed by atoms with E-state index >= 15 is 0 Å². The van der Waals surface area contributed by atoms with Crippen LogP contribution in [-0.2, 0) is 20.8 Å². The molecule has 1 heterocycles. The molecule has 0 radical (unpaired) electrons. The third-order valence-corrected chi connectivity index (χ3v) is 4.39. The van der Waals surface area contributed by atoms with Gasteiger partial charge in [-0.15, -0.1) is 0 Å². The van der Waals surface area contributed by atoms with Crippen molar-refractivity contribution in [1.29, 1.82) is 0 Å². The minimum Gasteiger partial charge on any atom is -0.459 e. The first-order valence-electron chi connectivity index (χ1n) is 9.13. The Hall–Kier alpha value is -1.92. The molecule has 2 rings (SSSR count). The molecule has 1 aromatic rings. The summed E-state index contributed by atoms with van der Waals surface area (Å²) in [6.07, 6.45) is 3.53. The number of carbonyl (C=O) groups excluding carboxylic acids is 1. The van der Waals surface area contributed by atoms with E-state index in [1.165, 1.54) is 12.1 Å². The van der Waals surface area contributed by atoms with E-state index < -0.39 is 6.29 Å². The van der Waals surface area contributed by atoms with E-state index in [0.29, 0.717) is 31.9 Å². The molecule has 5 nitrogen and oxygen atoms in total. The first kappa shape index (κ1) is 20.4. The summed E-state index contributed by atoms with van der Waals surface area (Å²) in [5.74, 6) is 0.215. The second-order valence-corrected chi connectivity index (χ2v) is 6.83. The van der Waals surface area contributed by atoms with Crippen LogP contribution in [0.25, 0.3) is 0 Å². The summed E-state index contributed by atoms with van der Waals surface area (Å²) in [6, 6.07) is 6.00. The quantitative estimate of drug-likeness (QED) is 0.660. The molecule has 0 spiro atoms. The molecule has 0 aromatic heterocycles. The Morgan fingerprint density at radius 2 is 2.08 bits per heavy atom. The average Bonchev–Trinajstić information content (AvgIpc) is 2.64. The summed E-state index contributed by atoms with van der Waals surface area (Å²) < 4.78 is 24.4. The van der Waals surface area contributed by atoms with Crippen LogP contribution in [0.15, 0.2) is 36.1 Å². The van der Waals surface area contributed by atoms with Crippen molar-refractivity contribution < 1.29 is 23.8 Å². The summed E-state index contributed by atoms with van der Waals surface area (Å²) in [6.45, 7) is 5.13. The fourth-order valence-electron chi connectivity index (χ4n) is 2.71. The molecular formula is C20H28FNO4. The summed E-state index contributed by atoms with van der Waals surface area (Å²) in [5.41, 5.74) is 0.813. The minimum atomic E-state index is -0.460. The molecule has 144 valence electrons. The van der Waals surface area contributed by atoms with Crippen LogP contribution in [0.3, 0.4) is 0 Å². The van der Waals surface area contributed by atoms with Crippen LogP contribution in [0.1, 0.15) is 38.7 Å². The molecule has 2 N–H and O–H groups in total. The van der Waals surface area contributed by atoms with Crippen LogP contribution in [0.2, 0.25) is 0 Å². The summed E-state index contributed by atoms with van der Waals surface area (Å²) in [4.78, 5) is 12.5. The Morgan fingerprint density at radius 1 is 1.35 bits per heavy atom. The highest BCUT2D eigenvalue weighted by Gasteiger charge is 2.29. The van der Waals surface area contributed by atoms with Crippen molar-refractivity contribution in [2.24, 2.45) is 11.8 Å². The maximum atomic E-state index is 12.9. The fourth-order valence-corrected chi connectivity index (χ4v) is 2.71. The Morgan fingerprint density at radius 3 is 2.73 bits per heavy atom. The number of nitrogens with one attached hydrogen (secondary N) is 1. The summed E-state index contributed by atoms with van der Waals surface area (Å²) in [7, 11) is 0. The highest BCUT2D eigenvalue weighted by molar-refractivity contribution is 5.91. The summed E-state index contributed by atoms with van der Waals surface area (Å²) in [5, 5.41) is 11.6. The van der Waals surface area contributed by atoms with Gasteiger partial charge in [0.25, 0.3) is 5.91 Å². The van der Waals surface area contributed by atoms with Crippen molar-refractivity contribution in [3.8, 4) is 0 Å². The monoisotopic (exact) mass is 365 g/mol. The maximum Gasteiger partial charge on any atom is 0.286 e. The number of hydrogen-bond donors (Lipinski definition) is 2. The number of aliphatic hydroxyl groups excluding tert-OH is 1. The van der Waals surface area contributed by atoms with Gasteiger partial charge in [-0.1, -0.05) is 26.0 Å². The van der Waals surface area contributed by atoms with Gasteiger partial charge < -0.3 is 19.9 Å². The summed E-state index contributed by atoms with van der Waals surface area (Å²) >= 11 is 0. The van der Waals surface area contributed by atoms with E-state index in [-0.39, 0.29) is 30.0 Å². The molecule has 0 aliphatic carbocycles. The van der Waals surface area contributed by atoms with Crippen molar-refractivity contribution in [3.63, 3.8) is 0 Å². The number of halogens is 1. The normalized spacial score (nSPS) is 19.8. The molecular weight excluding hydrogens is 337 g/mol. The Kier molecular flexibility index (Phi) is 8.06. The number of amides is 1. The zero-order chi connectivity index (χ0) is 18.9. The first-order valence-corrected chi connectivity index (χ1v) is 9.13. The Bertz CT molecular complexity index is 600. The second-order valence-electron chi connectivity index (χ2n) is 6.83. The lowest BCUT2D eigenvalue weighted by molar-refractivity contribution is -0.150. The maximum absolute atomic E-state index is 12.9. The van der Waals surface area contributed by atoms with Crippen LogP contribution in [0.5, 0.6) is 0 Å². The molecule has 0 saturated carbocycles. The second kappa shape index (κ2) is 10.3. The van der Waals surface area contributed by atoms with Gasteiger partial charge in [-0.2, -0.15) is 0 Å². The van der Waals surface area contributed by atoms with Crippen LogP contribution in [0.4, 0.5) is 4.39 Å². The van der Waals surface area contributed by atoms with Gasteiger partial charge in [0.1, 0.15) is 5.82 Å². The molecule has 1 aromatic carbocycles. The molecule has 1 aliphatic heterocycles. The van der Waals surface area contributed by atoms with E-state index in [0.717, 1.165) is 12.0 Å². The zero-order valence-electron chi connectivity index (χ0n) is 15.4. The highest BCUT2D eigenvalue weighted by atomic mass is 19.1. The molecule has 0 fully saturated rings. The molecule has 2 atom stereocenters. The Labute approximate surface area is 154 Å².